The van der Waals surface area contributed by atoms with Gasteiger partial charge in [-0.25, -0.2) is 0 Å². The van der Waals surface area contributed by atoms with Crippen LogP contribution in [-0.2, 0) is 4.74 Å². The highest BCUT2D eigenvalue weighted by Gasteiger charge is 2.25. The van der Waals surface area contributed by atoms with Gasteiger partial charge in [-0.3, -0.25) is 0 Å². The molecule has 3 unspecified atom stereocenters. The van der Waals surface area contributed by atoms with Crippen molar-refractivity contribution in [3.05, 3.63) is 29.8 Å². The van der Waals surface area contributed by atoms with Gasteiger partial charge in [0.15, 0.2) is 0 Å². The Morgan fingerprint density at radius 2 is 2.00 bits per heavy atom. The molecule has 0 bridgehead atoms. The molecule has 3 atom stereocenters. The molecule has 0 amide bonds. The summed E-state index contributed by atoms with van der Waals surface area (Å²) in [6.45, 7) is 2.11. The van der Waals surface area contributed by atoms with Gasteiger partial charge in [-0.15, -0.1) is 0 Å². The van der Waals surface area contributed by atoms with E-state index in [0.29, 0.717) is 6.04 Å². The topological polar surface area (TPSA) is 30.5 Å². The first-order valence-electron chi connectivity index (χ1n) is 6.48. The van der Waals surface area contributed by atoms with Crippen molar-refractivity contribution >= 4 is 0 Å². The quantitative estimate of drug-likeness (QED) is 0.892. The van der Waals surface area contributed by atoms with Gasteiger partial charge in [0.1, 0.15) is 5.75 Å². The number of halogens is 2. The van der Waals surface area contributed by atoms with E-state index in [0.717, 1.165) is 18.6 Å². The van der Waals surface area contributed by atoms with E-state index in [1.165, 1.54) is 0 Å². The first-order valence-corrected chi connectivity index (χ1v) is 6.48. The Bertz CT molecular complexity index is 397. The van der Waals surface area contributed by atoms with Gasteiger partial charge < -0.3 is 14.8 Å². The molecular weight excluding hydrogens is 252 g/mol. The molecule has 1 aromatic rings. The van der Waals surface area contributed by atoms with Crippen molar-refractivity contribution in [1.82, 2.24) is 5.32 Å². The van der Waals surface area contributed by atoms with Crippen molar-refractivity contribution in [2.24, 2.45) is 0 Å². The summed E-state index contributed by atoms with van der Waals surface area (Å²) in [6.07, 6.45) is 1.21. The fourth-order valence-corrected chi connectivity index (χ4v) is 2.31. The molecule has 1 aromatic carbocycles. The number of hydrogen-bond acceptors (Lipinski definition) is 3. The first-order chi connectivity index (χ1) is 9.06. The highest BCUT2D eigenvalue weighted by atomic mass is 19.3. The Morgan fingerprint density at radius 3 is 2.53 bits per heavy atom. The minimum Gasteiger partial charge on any atom is -0.435 e. The molecule has 5 heteroatoms. The van der Waals surface area contributed by atoms with Gasteiger partial charge >= 0.3 is 6.61 Å². The van der Waals surface area contributed by atoms with Crippen molar-refractivity contribution in [3.63, 3.8) is 0 Å². The molecule has 1 heterocycles. The van der Waals surface area contributed by atoms with Gasteiger partial charge in [0.05, 0.1) is 6.10 Å². The molecule has 1 aliphatic rings. The largest absolute Gasteiger partial charge is 0.435 e. The van der Waals surface area contributed by atoms with Crippen LogP contribution in [0.2, 0.25) is 0 Å². The number of alkyl halides is 2. The fraction of sp³-hybridized carbons (Fsp3) is 0.571. The van der Waals surface area contributed by atoms with Crippen molar-refractivity contribution < 1.29 is 18.3 Å². The lowest BCUT2D eigenvalue weighted by Gasteiger charge is -2.22. The molecule has 0 radical (unpaired) electrons. The van der Waals surface area contributed by atoms with E-state index in [1.54, 1.807) is 24.3 Å². The number of nitrogens with one attached hydrogen (secondary N) is 1. The standard InChI is InChI=1S/C14H19F2NO2/c1-9(17-13-7-8-18-10(13)2)11-3-5-12(6-4-11)19-14(15)16/h3-6,9-10,13-14,17H,7-8H2,1-2H3. The van der Waals surface area contributed by atoms with Gasteiger partial charge in [-0.05, 0) is 38.0 Å². The normalized spacial score (nSPS) is 24.7. The molecule has 1 fully saturated rings. The monoisotopic (exact) mass is 271 g/mol. The summed E-state index contributed by atoms with van der Waals surface area (Å²) >= 11 is 0. The summed E-state index contributed by atoms with van der Waals surface area (Å²) in [5.41, 5.74) is 1.04. The lowest BCUT2D eigenvalue weighted by molar-refractivity contribution is -0.0498. The Hall–Kier alpha value is -1.20. The number of ether oxygens (including phenoxy) is 2. The molecule has 2 rings (SSSR count). The van der Waals surface area contributed by atoms with Crippen LogP contribution in [0.4, 0.5) is 8.78 Å². The number of hydrogen-bond donors (Lipinski definition) is 1. The summed E-state index contributed by atoms with van der Waals surface area (Å²) in [4.78, 5) is 0. The van der Waals surface area contributed by atoms with E-state index in [1.807, 2.05) is 6.92 Å². The average molecular weight is 271 g/mol. The van der Waals surface area contributed by atoms with Crippen LogP contribution in [0.1, 0.15) is 31.9 Å². The van der Waals surface area contributed by atoms with E-state index < -0.39 is 6.61 Å². The van der Waals surface area contributed by atoms with Gasteiger partial charge in [0, 0.05) is 18.7 Å². The second-order valence-electron chi connectivity index (χ2n) is 4.81. The molecule has 1 N–H and O–H groups in total. The van der Waals surface area contributed by atoms with E-state index in [9.17, 15) is 8.78 Å². The first kappa shape index (κ1) is 14.2. The minimum absolute atomic E-state index is 0.148. The van der Waals surface area contributed by atoms with Crippen LogP contribution in [0.25, 0.3) is 0 Å². The summed E-state index contributed by atoms with van der Waals surface area (Å²) in [5, 5.41) is 3.49. The zero-order valence-electron chi connectivity index (χ0n) is 11.1. The van der Waals surface area contributed by atoms with Crippen LogP contribution in [-0.4, -0.2) is 25.4 Å². The predicted molar refractivity (Wildman–Crippen MR) is 68.4 cm³/mol. The zero-order chi connectivity index (χ0) is 13.8. The van der Waals surface area contributed by atoms with Gasteiger partial charge in [-0.2, -0.15) is 8.78 Å². The van der Waals surface area contributed by atoms with Crippen molar-refractivity contribution in [1.29, 1.82) is 0 Å². The summed E-state index contributed by atoms with van der Waals surface area (Å²) in [5.74, 6) is 0.184. The van der Waals surface area contributed by atoms with E-state index in [-0.39, 0.29) is 17.9 Å². The maximum absolute atomic E-state index is 12.0. The van der Waals surface area contributed by atoms with Gasteiger partial charge in [-0.1, -0.05) is 12.1 Å². The zero-order valence-corrected chi connectivity index (χ0v) is 11.1. The summed E-state index contributed by atoms with van der Waals surface area (Å²) in [7, 11) is 0. The van der Waals surface area contributed by atoms with Crippen LogP contribution in [0.15, 0.2) is 24.3 Å². The molecule has 0 aromatic heterocycles. The van der Waals surface area contributed by atoms with E-state index in [2.05, 4.69) is 17.0 Å². The maximum atomic E-state index is 12.0. The molecule has 19 heavy (non-hydrogen) atoms. The van der Waals surface area contributed by atoms with Crippen LogP contribution < -0.4 is 10.1 Å². The van der Waals surface area contributed by atoms with E-state index >= 15 is 0 Å². The van der Waals surface area contributed by atoms with Gasteiger partial charge in [0.25, 0.3) is 0 Å². The van der Waals surface area contributed by atoms with Crippen LogP contribution >= 0.6 is 0 Å². The third-order valence-electron chi connectivity index (χ3n) is 3.45. The van der Waals surface area contributed by atoms with Crippen molar-refractivity contribution in [3.8, 4) is 5.75 Å². The van der Waals surface area contributed by atoms with Crippen LogP contribution in [0.5, 0.6) is 5.75 Å². The molecule has 0 aliphatic carbocycles. The Labute approximate surface area is 111 Å². The molecular formula is C14H19F2NO2. The van der Waals surface area contributed by atoms with E-state index in [4.69, 9.17) is 4.74 Å². The van der Waals surface area contributed by atoms with Gasteiger partial charge in [0.2, 0.25) is 0 Å². The third-order valence-corrected chi connectivity index (χ3v) is 3.45. The van der Waals surface area contributed by atoms with Crippen molar-refractivity contribution in [2.75, 3.05) is 6.61 Å². The minimum atomic E-state index is -2.78. The maximum Gasteiger partial charge on any atom is 0.387 e. The third kappa shape index (κ3) is 3.88. The second kappa shape index (κ2) is 6.30. The Balaban J connectivity index is 1.93. The van der Waals surface area contributed by atoms with Crippen LogP contribution in [0.3, 0.4) is 0 Å². The lowest BCUT2D eigenvalue weighted by atomic mass is 10.1. The number of benzene rings is 1. The molecule has 106 valence electrons. The lowest BCUT2D eigenvalue weighted by Crippen LogP contribution is -2.36. The number of rotatable bonds is 5. The molecule has 1 saturated heterocycles. The Morgan fingerprint density at radius 1 is 1.32 bits per heavy atom. The highest BCUT2D eigenvalue weighted by Crippen LogP contribution is 2.22. The fourth-order valence-electron chi connectivity index (χ4n) is 2.31. The SMILES string of the molecule is CC(NC1CCOC1C)c1ccc(OC(F)F)cc1. The molecule has 3 nitrogen and oxygen atoms in total. The highest BCUT2D eigenvalue weighted by molar-refractivity contribution is 5.29. The van der Waals surface area contributed by atoms with Crippen molar-refractivity contribution in [2.45, 2.75) is 45.1 Å². The summed E-state index contributed by atoms with van der Waals surface area (Å²) in [6, 6.07) is 7.22. The molecule has 0 saturated carbocycles. The predicted octanol–water partition coefficient (Wildman–Crippen LogP) is 3.12. The van der Waals surface area contributed by atoms with Crippen LogP contribution in [0, 0.1) is 0 Å². The molecule has 0 spiro atoms. The second-order valence-corrected chi connectivity index (χ2v) is 4.81. The molecule has 1 aliphatic heterocycles. The summed E-state index contributed by atoms with van der Waals surface area (Å²) < 4.78 is 33.9. The Kier molecular flexibility index (Phi) is 4.71. The smallest absolute Gasteiger partial charge is 0.387 e. The average Bonchev–Trinajstić information content (AvgIpc) is 2.75.